The molecule has 0 aliphatic carbocycles. The number of hydrogen-bond donors (Lipinski definition) is 1. The van der Waals surface area contributed by atoms with Gasteiger partial charge in [-0.3, -0.25) is 9.59 Å². The molecular formula is C20H18FN3O2. The van der Waals surface area contributed by atoms with Gasteiger partial charge in [-0.15, -0.1) is 0 Å². The van der Waals surface area contributed by atoms with Crippen molar-refractivity contribution in [1.29, 1.82) is 5.26 Å². The van der Waals surface area contributed by atoms with Crippen LogP contribution in [0.2, 0.25) is 0 Å². The molecule has 0 radical (unpaired) electrons. The molecule has 0 bridgehead atoms. The first-order valence-corrected chi connectivity index (χ1v) is 8.35. The Labute approximate surface area is 151 Å². The summed E-state index contributed by atoms with van der Waals surface area (Å²) in [6.45, 7) is 2.00. The number of amides is 2. The number of para-hydroxylation sites is 1. The average molecular weight is 351 g/mol. The number of nitriles is 1. The smallest absolute Gasteiger partial charge is 0.227 e. The van der Waals surface area contributed by atoms with Crippen molar-refractivity contribution in [3.05, 3.63) is 65.5 Å². The molecule has 0 spiro atoms. The quantitative estimate of drug-likeness (QED) is 0.920. The molecule has 3 rings (SSSR count). The van der Waals surface area contributed by atoms with Crippen LogP contribution in [0.3, 0.4) is 0 Å². The van der Waals surface area contributed by atoms with Gasteiger partial charge in [-0.1, -0.05) is 24.3 Å². The molecule has 0 aromatic heterocycles. The minimum atomic E-state index is -0.525. The third-order valence-electron chi connectivity index (χ3n) is 4.54. The SMILES string of the molecule is CC(NC(=O)C1CC(=O)N(c2ccccc2F)C1)c1ccc(C#N)cc1. The lowest BCUT2D eigenvalue weighted by atomic mass is 10.0. The molecule has 1 fully saturated rings. The van der Waals surface area contributed by atoms with Crippen LogP contribution >= 0.6 is 0 Å². The summed E-state index contributed by atoms with van der Waals surface area (Å²) in [7, 11) is 0. The van der Waals surface area contributed by atoms with Crippen LogP contribution in [0.15, 0.2) is 48.5 Å². The van der Waals surface area contributed by atoms with Gasteiger partial charge >= 0.3 is 0 Å². The number of anilines is 1. The summed E-state index contributed by atoms with van der Waals surface area (Å²) >= 11 is 0. The molecule has 0 saturated carbocycles. The van der Waals surface area contributed by atoms with Crippen molar-refractivity contribution in [2.24, 2.45) is 5.92 Å². The summed E-state index contributed by atoms with van der Waals surface area (Å²) in [5, 5.41) is 11.7. The summed E-state index contributed by atoms with van der Waals surface area (Å²) in [4.78, 5) is 26.1. The Morgan fingerprint density at radius 3 is 2.62 bits per heavy atom. The Balaban J connectivity index is 1.66. The highest BCUT2D eigenvalue weighted by Gasteiger charge is 2.36. The molecule has 2 unspecified atom stereocenters. The Hall–Kier alpha value is -3.20. The van der Waals surface area contributed by atoms with Crippen molar-refractivity contribution in [3.8, 4) is 6.07 Å². The monoisotopic (exact) mass is 351 g/mol. The van der Waals surface area contributed by atoms with Crippen LogP contribution in [-0.4, -0.2) is 18.4 Å². The van der Waals surface area contributed by atoms with E-state index in [1.807, 2.05) is 13.0 Å². The number of carbonyl (C=O) groups excluding carboxylic acids is 2. The van der Waals surface area contributed by atoms with Gasteiger partial charge in [-0.05, 0) is 36.8 Å². The molecule has 26 heavy (non-hydrogen) atoms. The standard InChI is InChI=1S/C20H18FN3O2/c1-13(15-8-6-14(11-22)7-9-15)23-20(26)16-10-19(25)24(12-16)18-5-3-2-4-17(18)21/h2-9,13,16H,10,12H2,1H3,(H,23,26). The minimum Gasteiger partial charge on any atom is -0.349 e. The van der Waals surface area contributed by atoms with Gasteiger partial charge in [0.05, 0.1) is 29.3 Å². The molecule has 2 aromatic carbocycles. The lowest BCUT2D eigenvalue weighted by Crippen LogP contribution is -2.34. The van der Waals surface area contributed by atoms with E-state index < -0.39 is 11.7 Å². The van der Waals surface area contributed by atoms with Crippen molar-refractivity contribution in [2.45, 2.75) is 19.4 Å². The average Bonchev–Trinajstić information content (AvgIpc) is 3.04. The Morgan fingerprint density at radius 1 is 1.27 bits per heavy atom. The first-order valence-electron chi connectivity index (χ1n) is 8.35. The van der Waals surface area contributed by atoms with Gasteiger partial charge < -0.3 is 10.2 Å². The van der Waals surface area contributed by atoms with E-state index >= 15 is 0 Å². The molecule has 5 nitrogen and oxygen atoms in total. The molecule has 1 heterocycles. The van der Waals surface area contributed by atoms with Gasteiger partial charge in [0.15, 0.2) is 0 Å². The molecule has 1 aliphatic rings. The summed E-state index contributed by atoms with van der Waals surface area (Å²) in [5.41, 5.74) is 1.62. The number of halogens is 1. The summed E-state index contributed by atoms with van der Waals surface area (Å²) in [5.74, 6) is -1.51. The molecule has 2 atom stereocenters. The van der Waals surface area contributed by atoms with Crippen molar-refractivity contribution in [1.82, 2.24) is 5.32 Å². The van der Waals surface area contributed by atoms with Crippen LogP contribution in [-0.2, 0) is 9.59 Å². The van der Waals surface area contributed by atoms with Gasteiger partial charge in [0.1, 0.15) is 5.82 Å². The second-order valence-corrected chi connectivity index (χ2v) is 6.32. The van der Waals surface area contributed by atoms with Gasteiger partial charge in [-0.2, -0.15) is 5.26 Å². The van der Waals surface area contributed by atoms with Gasteiger partial charge in [0.2, 0.25) is 11.8 Å². The van der Waals surface area contributed by atoms with E-state index in [0.717, 1.165) is 5.56 Å². The number of carbonyl (C=O) groups is 2. The zero-order valence-electron chi connectivity index (χ0n) is 14.3. The maximum Gasteiger partial charge on any atom is 0.227 e. The highest BCUT2D eigenvalue weighted by molar-refractivity contribution is 6.00. The third-order valence-corrected chi connectivity index (χ3v) is 4.54. The lowest BCUT2D eigenvalue weighted by Gasteiger charge is -2.19. The van der Waals surface area contributed by atoms with E-state index in [-0.39, 0.29) is 36.5 Å². The Morgan fingerprint density at radius 2 is 1.96 bits per heavy atom. The molecule has 6 heteroatoms. The summed E-state index contributed by atoms with van der Waals surface area (Å²) < 4.78 is 13.9. The van der Waals surface area contributed by atoms with Crippen molar-refractivity contribution in [2.75, 3.05) is 11.4 Å². The largest absolute Gasteiger partial charge is 0.349 e. The molecule has 1 aliphatic heterocycles. The topological polar surface area (TPSA) is 73.2 Å². The molecule has 1 saturated heterocycles. The third kappa shape index (κ3) is 3.57. The minimum absolute atomic E-state index is 0.0558. The fourth-order valence-corrected chi connectivity index (χ4v) is 3.05. The van der Waals surface area contributed by atoms with Crippen LogP contribution in [0, 0.1) is 23.1 Å². The summed E-state index contributed by atoms with van der Waals surface area (Å²) in [6, 6.07) is 14.8. The maximum atomic E-state index is 13.9. The second-order valence-electron chi connectivity index (χ2n) is 6.32. The normalized spacial score (nSPS) is 17.7. The fourth-order valence-electron chi connectivity index (χ4n) is 3.05. The highest BCUT2D eigenvalue weighted by atomic mass is 19.1. The lowest BCUT2D eigenvalue weighted by molar-refractivity contribution is -0.126. The Bertz CT molecular complexity index is 873. The van der Waals surface area contributed by atoms with Crippen molar-refractivity contribution < 1.29 is 14.0 Å². The molecule has 2 aromatic rings. The number of nitrogens with zero attached hydrogens (tertiary/aromatic N) is 2. The van der Waals surface area contributed by atoms with Gasteiger partial charge in [-0.25, -0.2) is 4.39 Å². The van der Waals surface area contributed by atoms with Gasteiger partial charge in [0, 0.05) is 13.0 Å². The zero-order valence-corrected chi connectivity index (χ0v) is 14.3. The van der Waals surface area contributed by atoms with E-state index in [1.54, 1.807) is 36.4 Å². The van der Waals surface area contributed by atoms with E-state index in [4.69, 9.17) is 5.26 Å². The van der Waals surface area contributed by atoms with E-state index in [9.17, 15) is 14.0 Å². The van der Waals surface area contributed by atoms with E-state index in [2.05, 4.69) is 5.32 Å². The maximum absolute atomic E-state index is 13.9. The number of rotatable bonds is 4. The van der Waals surface area contributed by atoms with Crippen LogP contribution in [0.1, 0.15) is 30.5 Å². The van der Waals surface area contributed by atoms with Gasteiger partial charge in [0.25, 0.3) is 0 Å². The van der Waals surface area contributed by atoms with Crippen LogP contribution < -0.4 is 10.2 Å². The molecular weight excluding hydrogens is 333 g/mol. The van der Waals surface area contributed by atoms with Crippen LogP contribution in [0.25, 0.3) is 0 Å². The van der Waals surface area contributed by atoms with Crippen molar-refractivity contribution >= 4 is 17.5 Å². The molecule has 2 amide bonds. The van der Waals surface area contributed by atoms with E-state index in [0.29, 0.717) is 5.56 Å². The van der Waals surface area contributed by atoms with Crippen molar-refractivity contribution in [3.63, 3.8) is 0 Å². The highest BCUT2D eigenvalue weighted by Crippen LogP contribution is 2.27. The Kier molecular flexibility index (Phi) is 4.99. The summed E-state index contributed by atoms with van der Waals surface area (Å²) in [6.07, 6.45) is 0.0558. The predicted octanol–water partition coefficient (Wildman–Crippen LogP) is 2.93. The fraction of sp³-hybridized carbons (Fsp3) is 0.250. The van der Waals surface area contributed by atoms with E-state index in [1.165, 1.54) is 17.0 Å². The van der Waals surface area contributed by atoms with Crippen LogP contribution in [0.5, 0.6) is 0 Å². The number of nitrogens with one attached hydrogen (secondary N) is 1. The first-order chi connectivity index (χ1) is 12.5. The molecule has 132 valence electrons. The zero-order chi connectivity index (χ0) is 18.7. The second kappa shape index (κ2) is 7.36. The number of benzene rings is 2. The number of hydrogen-bond acceptors (Lipinski definition) is 3. The predicted molar refractivity (Wildman–Crippen MR) is 94.6 cm³/mol. The molecule has 1 N–H and O–H groups in total. The first kappa shape index (κ1) is 17.6. The van der Waals surface area contributed by atoms with Crippen LogP contribution in [0.4, 0.5) is 10.1 Å².